The number of hydrogen-bond acceptors (Lipinski definition) is 1. The lowest BCUT2D eigenvalue weighted by Crippen LogP contribution is -2.13. The summed E-state index contributed by atoms with van der Waals surface area (Å²) in [6, 6.07) is 30.8. The molecule has 0 bridgehead atoms. The van der Waals surface area contributed by atoms with Gasteiger partial charge in [0, 0.05) is 5.92 Å². The Labute approximate surface area is 148 Å². The van der Waals surface area contributed by atoms with Crippen LogP contribution in [0.2, 0.25) is 0 Å². The third-order valence-corrected chi connectivity index (χ3v) is 5.03. The molecular formula is C24H20O. The van der Waals surface area contributed by atoms with E-state index in [0.717, 1.165) is 27.8 Å². The largest absolute Gasteiger partial charge is 0.298 e. The second-order valence-corrected chi connectivity index (χ2v) is 6.53. The van der Waals surface area contributed by atoms with Gasteiger partial charge < -0.3 is 0 Å². The summed E-state index contributed by atoms with van der Waals surface area (Å²) in [5.41, 5.74) is 5.65. The minimum Gasteiger partial charge on any atom is -0.298 e. The number of carbonyl (C=O) groups is 1. The highest BCUT2D eigenvalue weighted by atomic mass is 16.1. The van der Waals surface area contributed by atoms with Crippen LogP contribution < -0.4 is 0 Å². The van der Waals surface area contributed by atoms with Crippen molar-refractivity contribution in [1.29, 1.82) is 0 Å². The van der Waals surface area contributed by atoms with E-state index in [9.17, 15) is 4.79 Å². The normalized spacial score (nSPS) is 20.1. The average Bonchev–Trinajstić information content (AvgIpc) is 2.95. The van der Waals surface area contributed by atoms with Crippen LogP contribution in [0.5, 0.6) is 0 Å². The molecule has 0 amide bonds. The lowest BCUT2D eigenvalue weighted by molar-refractivity contribution is -0.120. The second-order valence-electron chi connectivity index (χ2n) is 6.53. The summed E-state index contributed by atoms with van der Waals surface area (Å²) < 4.78 is 0. The van der Waals surface area contributed by atoms with Crippen molar-refractivity contribution in [3.05, 3.63) is 108 Å². The monoisotopic (exact) mass is 324 g/mol. The van der Waals surface area contributed by atoms with Crippen molar-refractivity contribution in [2.24, 2.45) is 5.92 Å². The smallest absolute Gasteiger partial charge is 0.151 e. The summed E-state index contributed by atoms with van der Waals surface area (Å²) in [4.78, 5) is 13.2. The Balaban J connectivity index is 1.99. The standard InChI is InChI=1S/C24H20O/c1-17-21(18-11-5-2-6-12-18)22(19-13-7-3-8-14-19)23(24(17)25)20-15-9-4-10-16-20/h2-17,23H,1H3. The molecule has 4 rings (SSSR count). The van der Waals surface area contributed by atoms with Crippen molar-refractivity contribution in [2.75, 3.05) is 0 Å². The minimum absolute atomic E-state index is 0.109. The molecule has 0 spiro atoms. The van der Waals surface area contributed by atoms with Crippen molar-refractivity contribution in [3.63, 3.8) is 0 Å². The number of ketones is 1. The van der Waals surface area contributed by atoms with Crippen molar-refractivity contribution in [3.8, 4) is 0 Å². The lowest BCUT2D eigenvalue weighted by atomic mass is 9.86. The van der Waals surface area contributed by atoms with Crippen molar-refractivity contribution < 1.29 is 4.79 Å². The number of benzene rings is 3. The van der Waals surface area contributed by atoms with Gasteiger partial charge in [-0.3, -0.25) is 4.79 Å². The van der Waals surface area contributed by atoms with Gasteiger partial charge in [-0.15, -0.1) is 0 Å². The zero-order valence-electron chi connectivity index (χ0n) is 14.2. The molecule has 2 atom stereocenters. The van der Waals surface area contributed by atoms with E-state index in [1.54, 1.807) is 0 Å². The topological polar surface area (TPSA) is 17.1 Å². The van der Waals surface area contributed by atoms with E-state index in [1.807, 2.05) is 61.5 Å². The van der Waals surface area contributed by atoms with Gasteiger partial charge in [-0.25, -0.2) is 0 Å². The Hall–Kier alpha value is -2.93. The number of Topliss-reactive ketones (excluding diaryl/α,β-unsaturated/α-hetero) is 1. The molecule has 0 radical (unpaired) electrons. The van der Waals surface area contributed by atoms with Crippen LogP contribution in [0.15, 0.2) is 91.0 Å². The van der Waals surface area contributed by atoms with E-state index in [0.29, 0.717) is 0 Å². The highest BCUT2D eigenvalue weighted by Crippen LogP contribution is 2.49. The molecule has 0 aliphatic heterocycles. The third kappa shape index (κ3) is 2.72. The Morgan fingerprint density at radius 2 is 1.04 bits per heavy atom. The van der Waals surface area contributed by atoms with Gasteiger partial charge in [0.1, 0.15) is 0 Å². The zero-order valence-corrected chi connectivity index (χ0v) is 14.2. The van der Waals surface area contributed by atoms with Crippen LogP contribution in [0.3, 0.4) is 0 Å². The fraction of sp³-hybridized carbons (Fsp3) is 0.125. The maximum Gasteiger partial charge on any atom is 0.151 e. The molecule has 0 saturated carbocycles. The summed E-state index contributed by atoms with van der Waals surface area (Å²) in [5.74, 6) is -0.0273. The predicted molar refractivity (Wildman–Crippen MR) is 103 cm³/mol. The van der Waals surface area contributed by atoms with Crippen LogP contribution in [0.1, 0.15) is 29.5 Å². The fourth-order valence-corrected chi connectivity index (χ4v) is 3.86. The van der Waals surface area contributed by atoms with Gasteiger partial charge in [0.2, 0.25) is 0 Å². The predicted octanol–water partition coefficient (Wildman–Crippen LogP) is 5.60. The number of hydrogen-bond donors (Lipinski definition) is 0. The summed E-state index contributed by atoms with van der Waals surface area (Å²) >= 11 is 0. The van der Waals surface area contributed by atoms with Crippen molar-refractivity contribution in [1.82, 2.24) is 0 Å². The molecule has 0 N–H and O–H groups in total. The molecule has 1 nitrogen and oxygen atoms in total. The van der Waals surface area contributed by atoms with Crippen LogP contribution in [-0.2, 0) is 4.79 Å². The van der Waals surface area contributed by atoms with E-state index in [-0.39, 0.29) is 17.6 Å². The Kier molecular flexibility index (Phi) is 4.07. The summed E-state index contributed by atoms with van der Waals surface area (Å²) in [6.45, 7) is 2.04. The van der Waals surface area contributed by atoms with Gasteiger partial charge in [-0.2, -0.15) is 0 Å². The third-order valence-electron chi connectivity index (χ3n) is 5.03. The second kappa shape index (κ2) is 6.52. The van der Waals surface area contributed by atoms with E-state index in [1.165, 1.54) is 0 Å². The molecule has 3 aromatic rings. The Morgan fingerprint density at radius 1 is 0.600 bits per heavy atom. The van der Waals surface area contributed by atoms with E-state index >= 15 is 0 Å². The minimum atomic E-state index is -0.200. The lowest BCUT2D eigenvalue weighted by Gasteiger charge is -2.16. The Bertz CT molecular complexity index is 908. The van der Waals surface area contributed by atoms with Gasteiger partial charge in [0.25, 0.3) is 0 Å². The van der Waals surface area contributed by atoms with Crippen LogP contribution in [0, 0.1) is 5.92 Å². The van der Waals surface area contributed by atoms with E-state index in [2.05, 4.69) is 36.4 Å². The van der Waals surface area contributed by atoms with Gasteiger partial charge in [0.05, 0.1) is 5.92 Å². The quantitative estimate of drug-likeness (QED) is 0.613. The van der Waals surface area contributed by atoms with Crippen molar-refractivity contribution in [2.45, 2.75) is 12.8 Å². The molecule has 0 saturated heterocycles. The molecule has 0 heterocycles. The maximum atomic E-state index is 13.2. The van der Waals surface area contributed by atoms with Gasteiger partial charge in [-0.1, -0.05) is 97.9 Å². The first-order chi connectivity index (χ1) is 12.3. The summed E-state index contributed by atoms with van der Waals surface area (Å²) in [7, 11) is 0. The molecule has 25 heavy (non-hydrogen) atoms. The fourth-order valence-electron chi connectivity index (χ4n) is 3.86. The Morgan fingerprint density at radius 3 is 1.56 bits per heavy atom. The molecule has 0 aromatic heterocycles. The first-order valence-corrected chi connectivity index (χ1v) is 8.71. The van der Waals surface area contributed by atoms with E-state index in [4.69, 9.17) is 0 Å². The van der Waals surface area contributed by atoms with Crippen LogP contribution >= 0.6 is 0 Å². The highest BCUT2D eigenvalue weighted by molar-refractivity contribution is 6.18. The molecule has 3 aromatic carbocycles. The first-order valence-electron chi connectivity index (χ1n) is 8.71. The molecular weight excluding hydrogens is 304 g/mol. The maximum absolute atomic E-state index is 13.2. The van der Waals surface area contributed by atoms with Crippen LogP contribution in [-0.4, -0.2) is 5.78 Å². The molecule has 122 valence electrons. The molecule has 1 heteroatoms. The molecule has 0 fully saturated rings. The molecule has 1 aliphatic rings. The van der Waals surface area contributed by atoms with Crippen LogP contribution in [0.25, 0.3) is 11.1 Å². The SMILES string of the molecule is CC1C(=O)C(c2ccccc2)C(c2ccccc2)=C1c1ccccc1. The van der Waals surface area contributed by atoms with Gasteiger partial charge >= 0.3 is 0 Å². The van der Waals surface area contributed by atoms with Gasteiger partial charge in [0.15, 0.2) is 5.78 Å². The number of rotatable bonds is 3. The number of allylic oxidation sites excluding steroid dienone is 2. The van der Waals surface area contributed by atoms with E-state index < -0.39 is 0 Å². The average molecular weight is 324 g/mol. The zero-order chi connectivity index (χ0) is 17.2. The molecule has 1 aliphatic carbocycles. The summed E-state index contributed by atoms with van der Waals surface area (Å²) in [5, 5.41) is 0. The number of carbonyl (C=O) groups excluding carboxylic acids is 1. The van der Waals surface area contributed by atoms with Crippen LogP contribution in [0.4, 0.5) is 0 Å². The van der Waals surface area contributed by atoms with Gasteiger partial charge in [-0.05, 0) is 27.8 Å². The highest BCUT2D eigenvalue weighted by Gasteiger charge is 2.40. The summed E-state index contributed by atoms with van der Waals surface area (Å²) in [6.07, 6.45) is 0. The molecule has 2 unspecified atom stereocenters. The first kappa shape index (κ1) is 15.6. The van der Waals surface area contributed by atoms with Crippen molar-refractivity contribution >= 4 is 16.9 Å².